The highest BCUT2D eigenvalue weighted by Crippen LogP contribution is 2.07. The summed E-state index contributed by atoms with van der Waals surface area (Å²) in [6.07, 6.45) is 6.75. The Kier molecular flexibility index (Phi) is 11.0. The van der Waals surface area contributed by atoms with Gasteiger partial charge in [0.05, 0.1) is 6.26 Å². The van der Waals surface area contributed by atoms with E-state index in [0.29, 0.717) is 5.96 Å². The van der Waals surface area contributed by atoms with Gasteiger partial charge in [0, 0.05) is 38.4 Å². The summed E-state index contributed by atoms with van der Waals surface area (Å²) in [5.74, 6) is 2.74. The maximum Gasteiger partial charge on any atom is 0.244 e. The van der Waals surface area contributed by atoms with Crippen LogP contribution in [0, 0.1) is 0 Å². The van der Waals surface area contributed by atoms with Crippen molar-refractivity contribution in [3.8, 4) is 0 Å². The van der Waals surface area contributed by atoms with Crippen LogP contribution in [0.4, 0.5) is 0 Å². The molecule has 1 amide bonds. The van der Waals surface area contributed by atoms with Gasteiger partial charge in [-0.1, -0.05) is 0 Å². The van der Waals surface area contributed by atoms with Gasteiger partial charge in [0.1, 0.15) is 12.3 Å². The molecule has 2 rings (SSSR count). The van der Waals surface area contributed by atoms with E-state index < -0.39 is 0 Å². The largest absolute Gasteiger partial charge is 0.469 e. The number of carbonyl (C=O) groups is 1. The molecule has 0 bridgehead atoms. The van der Waals surface area contributed by atoms with Gasteiger partial charge >= 0.3 is 0 Å². The van der Waals surface area contributed by atoms with Crippen molar-refractivity contribution in [1.29, 1.82) is 0 Å². The lowest BCUT2D eigenvalue weighted by molar-refractivity contribution is -0.128. The molecule has 0 atom stereocenters. The Morgan fingerprint density at radius 2 is 2.08 bits per heavy atom. The summed E-state index contributed by atoms with van der Waals surface area (Å²) in [6, 6.07) is 3.84. The molecule has 0 aliphatic carbocycles. The van der Waals surface area contributed by atoms with Crippen molar-refractivity contribution in [2.45, 2.75) is 19.3 Å². The Hall–Kier alpha value is -0.900. The van der Waals surface area contributed by atoms with E-state index in [2.05, 4.69) is 21.9 Å². The number of carbonyl (C=O) groups excluding carboxylic acids is 1. The number of likely N-dealkylation sites (tertiary alicyclic amines) is 1. The van der Waals surface area contributed by atoms with E-state index in [1.165, 1.54) is 0 Å². The SMILES string of the molecule is CSCCNC(=NCC(=O)N1CCCC1)NCCc1ccco1.I. The van der Waals surface area contributed by atoms with E-state index in [-0.39, 0.29) is 36.4 Å². The fourth-order valence-electron chi connectivity index (χ4n) is 2.42. The molecule has 6 nitrogen and oxygen atoms in total. The molecule has 24 heavy (non-hydrogen) atoms. The lowest BCUT2D eigenvalue weighted by Crippen LogP contribution is -2.40. The third kappa shape index (κ3) is 7.78. The van der Waals surface area contributed by atoms with Crippen molar-refractivity contribution < 1.29 is 9.21 Å². The Balaban J connectivity index is 0.00000288. The normalized spacial score (nSPS) is 14.4. The highest BCUT2D eigenvalue weighted by atomic mass is 127. The summed E-state index contributed by atoms with van der Waals surface area (Å²) in [4.78, 5) is 18.4. The van der Waals surface area contributed by atoms with Gasteiger partial charge in [0.15, 0.2) is 5.96 Å². The van der Waals surface area contributed by atoms with Crippen LogP contribution in [0.3, 0.4) is 0 Å². The van der Waals surface area contributed by atoms with E-state index in [4.69, 9.17) is 4.42 Å². The minimum atomic E-state index is 0. The molecule has 0 saturated carbocycles. The summed E-state index contributed by atoms with van der Waals surface area (Å²) in [5, 5.41) is 6.53. The molecular weight excluding hydrogens is 439 g/mol. The molecular formula is C16H27IN4O2S. The quantitative estimate of drug-likeness (QED) is 0.265. The van der Waals surface area contributed by atoms with Gasteiger partial charge in [-0.3, -0.25) is 4.79 Å². The zero-order valence-corrected chi connectivity index (χ0v) is 17.3. The molecule has 2 N–H and O–H groups in total. The van der Waals surface area contributed by atoms with Crippen LogP contribution in [0.1, 0.15) is 18.6 Å². The van der Waals surface area contributed by atoms with Gasteiger partial charge in [0.25, 0.3) is 0 Å². The van der Waals surface area contributed by atoms with Crippen molar-refractivity contribution in [2.75, 3.05) is 44.7 Å². The van der Waals surface area contributed by atoms with Crippen LogP contribution >= 0.6 is 35.7 Å². The van der Waals surface area contributed by atoms with E-state index in [1.54, 1.807) is 18.0 Å². The molecule has 1 aromatic heterocycles. The summed E-state index contributed by atoms with van der Waals surface area (Å²) in [7, 11) is 0. The van der Waals surface area contributed by atoms with Gasteiger partial charge in [0.2, 0.25) is 5.91 Å². The molecule has 0 spiro atoms. The number of furan rings is 1. The van der Waals surface area contributed by atoms with Crippen LogP contribution in [-0.2, 0) is 11.2 Å². The van der Waals surface area contributed by atoms with Crippen LogP contribution in [0.15, 0.2) is 27.8 Å². The number of nitrogens with zero attached hydrogens (tertiary/aromatic N) is 2. The lowest BCUT2D eigenvalue weighted by Gasteiger charge is -2.15. The number of guanidine groups is 1. The first-order valence-corrected chi connectivity index (χ1v) is 9.50. The van der Waals surface area contributed by atoms with Crippen molar-refractivity contribution >= 4 is 47.6 Å². The van der Waals surface area contributed by atoms with Crippen LogP contribution in [0.2, 0.25) is 0 Å². The third-order valence-electron chi connectivity index (χ3n) is 3.67. The third-order valence-corrected chi connectivity index (χ3v) is 4.29. The summed E-state index contributed by atoms with van der Waals surface area (Å²) in [6.45, 7) is 3.49. The van der Waals surface area contributed by atoms with Gasteiger partial charge in [-0.15, -0.1) is 24.0 Å². The second-order valence-corrected chi connectivity index (χ2v) is 6.41. The second kappa shape index (κ2) is 12.5. The Morgan fingerprint density at radius 1 is 1.33 bits per heavy atom. The number of amides is 1. The van der Waals surface area contributed by atoms with Crippen LogP contribution in [-0.4, -0.2) is 61.5 Å². The van der Waals surface area contributed by atoms with E-state index in [0.717, 1.165) is 57.0 Å². The van der Waals surface area contributed by atoms with Crippen molar-refractivity contribution in [3.63, 3.8) is 0 Å². The number of rotatable bonds is 8. The maximum absolute atomic E-state index is 12.1. The highest BCUT2D eigenvalue weighted by Gasteiger charge is 2.17. The summed E-state index contributed by atoms with van der Waals surface area (Å²) in [5.41, 5.74) is 0. The minimum absolute atomic E-state index is 0. The number of thioether (sulfide) groups is 1. The lowest BCUT2D eigenvalue weighted by atomic mass is 10.3. The Morgan fingerprint density at radius 3 is 2.75 bits per heavy atom. The first kappa shape index (κ1) is 21.1. The number of hydrogen-bond donors (Lipinski definition) is 2. The van der Waals surface area contributed by atoms with Gasteiger partial charge in [-0.2, -0.15) is 11.8 Å². The van der Waals surface area contributed by atoms with Gasteiger partial charge < -0.3 is 20.0 Å². The first-order chi connectivity index (χ1) is 11.3. The first-order valence-electron chi connectivity index (χ1n) is 8.11. The molecule has 2 heterocycles. The van der Waals surface area contributed by atoms with Crippen molar-refractivity contribution in [2.24, 2.45) is 4.99 Å². The number of halogens is 1. The average molecular weight is 466 g/mol. The monoisotopic (exact) mass is 466 g/mol. The Labute approximate surface area is 165 Å². The molecule has 1 aromatic rings. The van der Waals surface area contributed by atoms with Crippen LogP contribution in [0.25, 0.3) is 0 Å². The zero-order valence-electron chi connectivity index (χ0n) is 14.1. The van der Waals surface area contributed by atoms with Gasteiger partial charge in [-0.05, 0) is 31.2 Å². The number of hydrogen-bond acceptors (Lipinski definition) is 4. The minimum Gasteiger partial charge on any atom is -0.469 e. The molecule has 1 aliphatic rings. The number of nitrogens with one attached hydrogen (secondary N) is 2. The predicted octanol–water partition coefficient (Wildman–Crippen LogP) is 1.96. The average Bonchev–Trinajstić information content (AvgIpc) is 3.25. The fraction of sp³-hybridized carbons (Fsp3) is 0.625. The topological polar surface area (TPSA) is 69.9 Å². The molecule has 1 aliphatic heterocycles. The highest BCUT2D eigenvalue weighted by molar-refractivity contribution is 14.0. The predicted molar refractivity (Wildman–Crippen MR) is 110 cm³/mol. The zero-order chi connectivity index (χ0) is 16.3. The van der Waals surface area contributed by atoms with Crippen molar-refractivity contribution in [3.05, 3.63) is 24.2 Å². The van der Waals surface area contributed by atoms with E-state index in [1.807, 2.05) is 17.0 Å². The van der Waals surface area contributed by atoms with Gasteiger partial charge in [-0.25, -0.2) is 4.99 Å². The maximum atomic E-state index is 12.1. The second-order valence-electron chi connectivity index (χ2n) is 5.43. The molecule has 1 saturated heterocycles. The summed E-state index contributed by atoms with van der Waals surface area (Å²) < 4.78 is 5.32. The molecule has 0 aromatic carbocycles. The smallest absolute Gasteiger partial charge is 0.244 e. The number of aliphatic imine (C=N–C) groups is 1. The molecule has 0 unspecified atom stereocenters. The Bertz CT molecular complexity index is 490. The van der Waals surface area contributed by atoms with Crippen LogP contribution in [0.5, 0.6) is 0 Å². The van der Waals surface area contributed by atoms with Crippen molar-refractivity contribution in [1.82, 2.24) is 15.5 Å². The molecule has 0 radical (unpaired) electrons. The fourth-order valence-corrected chi connectivity index (χ4v) is 2.72. The van der Waals surface area contributed by atoms with E-state index in [9.17, 15) is 4.79 Å². The molecule has 1 fully saturated rings. The standard InChI is InChI=1S/C16H26N4O2S.HI/c1-23-12-8-18-16(17-7-6-14-5-4-11-22-14)19-13-15(21)20-9-2-3-10-20;/h4-5,11H,2-3,6-10,12-13H2,1H3,(H2,17,18,19);1H. The molecule has 136 valence electrons. The molecule has 8 heteroatoms. The van der Waals surface area contributed by atoms with Crippen LogP contribution < -0.4 is 10.6 Å². The van der Waals surface area contributed by atoms with E-state index >= 15 is 0 Å². The summed E-state index contributed by atoms with van der Waals surface area (Å²) >= 11 is 1.77.